The number of carboxylic acids is 1. The number of carbonyl (C=O) groups is 2. The van der Waals surface area contributed by atoms with Gasteiger partial charge in [-0.25, -0.2) is 0 Å². The Bertz CT molecular complexity index is 362. The molecule has 9 nitrogen and oxygen atoms in total. The van der Waals surface area contributed by atoms with Crippen LogP contribution in [0.25, 0.3) is 0 Å². The molecule has 19 heavy (non-hydrogen) atoms. The van der Waals surface area contributed by atoms with E-state index in [0.717, 1.165) is 18.9 Å². The molecule has 106 valence electrons. The van der Waals surface area contributed by atoms with Gasteiger partial charge in [-0.1, -0.05) is 0 Å². The summed E-state index contributed by atoms with van der Waals surface area (Å²) in [5.74, 6) is -4.89. The predicted octanol–water partition coefficient (Wildman–Crippen LogP) is -4.82. The summed E-state index contributed by atoms with van der Waals surface area (Å²) < 4.78 is 8.22. The van der Waals surface area contributed by atoms with Crippen molar-refractivity contribution in [3.63, 3.8) is 0 Å². The Morgan fingerprint density at radius 3 is 1.95 bits per heavy atom. The molecule has 0 aliphatic carbocycles. The summed E-state index contributed by atoms with van der Waals surface area (Å²) in [5.41, 5.74) is 0. The molecule has 0 rings (SSSR count). The van der Waals surface area contributed by atoms with Crippen molar-refractivity contribution in [3.05, 3.63) is 0 Å². The zero-order valence-electron chi connectivity index (χ0n) is 9.50. The van der Waals surface area contributed by atoms with Crippen molar-refractivity contribution in [1.29, 1.82) is 0 Å². The summed E-state index contributed by atoms with van der Waals surface area (Å²) in [6, 6.07) is 0. The number of aliphatic imine (C=N–C) groups is 2. The van der Waals surface area contributed by atoms with Gasteiger partial charge in [-0.05, 0) is 11.8 Å². The summed E-state index contributed by atoms with van der Waals surface area (Å²) in [4.78, 5) is 27.0. The van der Waals surface area contributed by atoms with Gasteiger partial charge in [-0.2, -0.15) is 12.6 Å². The van der Waals surface area contributed by atoms with E-state index in [1.807, 2.05) is 5.32 Å². The van der Waals surface area contributed by atoms with Crippen LogP contribution in [-0.2, 0) is 31.9 Å². The maximum absolute atomic E-state index is 11.0. The summed E-state index contributed by atoms with van der Waals surface area (Å²) in [7, 11) is 0. The molecule has 0 saturated carbocycles. The van der Waals surface area contributed by atoms with Crippen LogP contribution in [0.5, 0.6) is 0 Å². The molecule has 0 aromatic heterocycles. The zero-order chi connectivity index (χ0) is 15.3. The SMILES string of the molecule is O=C([O-])C(=O)NCCN=C([O-])C([O-])=NCCS.[O]=[99Tc+3]. The molecule has 0 heterocycles. The second-order valence-electron chi connectivity index (χ2n) is 2.64. The van der Waals surface area contributed by atoms with Gasteiger partial charge in [0, 0.05) is 18.8 Å². The van der Waals surface area contributed by atoms with E-state index in [-0.39, 0.29) is 19.6 Å². The molecule has 0 aliphatic heterocycles. The molecule has 1 amide bonds. The fourth-order valence-corrected chi connectivity index (χ4v) is 0.786. The first-order valence-electron chi connectivity index (χ1n) is 4.67. The van der Waals surface area contributed by atoms with Crippen molar-refractivity contribution in [2.24, 2.45) is 9.98 Å². The minimum atomic E-state index is -1.88. The number of thiol groups is 1. The number of aliphatic carboxylic acids is 1. The van der Waals surface area contributed by atoms with Crippen molar-refractivity contribution in [1.82, 2.24) is 5.32 Å². The van der Waals surface area contributed by atoms with E-state index in [4.69, 9.17) is 3.50 Å². The van der Waals surface area contributed by atoms with Crippen LogP contribution in [0.15, 0.2) is 9.98 Å². The minimum absolute atomic E-state index is 0.116. The summed E-state index contributed by atoms with van der Waals surface area (Å²) in [5, 5.41) is 33.7. The fourth-order valence-electron chi connectivity index (χ4n) is 0.686. The Labute approximate surface area is 124 Å². The maximum atomic E-state index is 11.0. The van der Waals surface area contributed by atoms with Gasteiger partial charge in [-0.15, -0.1) is 0 Å². The Morgan fingerprint density at radius 1 is 1.05 bits per heavy atom. The van der Waals surface area contributed by atoms with Crippen molar-refractivity contribution >= 4 is 36.3 Å². The van der Waals surface area contributed by atoms with Crippen molar-refractivity contribution in [3.8, 4) is 0 Å². The normalized spacial score (nSPS) is 11.2. The van der Waals surface area contributed by atoms with Gasteiger partial charge >= 0.3 is 22.4 Å². The number of carboxylic acid groups (broad SMARTS) is 1. The Hall–Kier alpha value is -1.32. The first kappa shape index (κ1) is 20.0. The third-order valence-corrected chi connectivity index (χ3v) is 1.58. The Morgan fingerprint density at radius 2 is 1.53 bits per heavy atom. The van der Waals surface area contributed by atoms with E-state index >= 15 is 0 Å². The van der Waals surface area contributed by atoms with Crippen LogP contribution < -0.4 is 20.6 Å². The van der Waals surface area contributed by atoms with Gasteiger partial charge in [0.2, 0.25) is 0 Å². The fraction of sp³-hybridized carbons (Fsp3) is 0.500. The van der Waals surface area contributed by atoms with E-state index in [1.165, 1.54) is 0 Å². The second-order valence-corrected chi connectivity index (χ2v) is 3.09. The molecule has 0 bridgehead atoms. The molecular weight excluding hydrogens is 365 g/mol. The molecule has 0 unspecified atom stereocenters. The standard InChI is InChI=1S/C8H13N3O5S.O.Tc/c12-5(6(13)11-3-4-17)9-1-2-10-7(14)8(15)16;;/h17H,1-4H2,(H,9,12)(H,10,14)(H,11,13)(H,15,16);;/q;;+3/p-3/i;;1+1. The number of hydrogen-bond acceptors (Lipinski definition) is 9. The molecule has 1 N–H and O–H groups in total. The Balaban J connectivity index is 0. The number of amides is 1. The molecule has 0 atom stereocenters. The first-order valence-corrected chi connectivity index (χ1v) is 6.07. The monoisotopic (exact) mass is 375 g/mol. The van der Waals surface area contributed by atoms with E-state index in [2.05, 4.69) is 22.6 Å². The number of nitrogens with one attached hydrogen (secondary N) is 1. The van der Waals surface area contributed by atoms with E-state index in [1.54, 1.807) is 0 Å². The molecule has 0 fully saturated rings. The topological polar surface area (TPSA) is 157 Å². The number of carbonyl (C=O) groups excluding carboxylic acids is 2. The van der Waals surface area contributed by atoms with Crippen LogP contribution in [-0.4, -0.2) is 49.1 Å². The van der Waals surface area contributed by atoms with Crippen LogP contribution >= 0.6 is 12.6 Å². The molecule has 0 spiro atoms. The number of rotatable bonds is 5. The number of hydrogen-bond donors (Lipinski definition) is 2. The van der Waals surface area contributed by atoms with Gasteiger partial charge < -0.3 is 25.4 Å². The molecule has 11 heteroatoms. The van der Waals surface area contributed by atoms with Crippen LogP contribution in [0, 0.1) is 0 Å². The second kappa shape index (κ2) is 13.1. The van der Waals surface area contributed by atoms with Crippen LogP contribution in [0.4, 0.5) is 0 Å². The van der Waals surface area contributed by atoms with Gasteiger partial charge in [0.05, 0.1) is 6.54 Å². The molecule has 0 aliphatic rings. The summed E-state index contributed by atoms with van der Waals surface area (Å²) >= 11 is 4.69. The molecule has 0 aromatic rings. The molecule has 0 radical (unpaired) electrons. The van der Waals surface area contributed by atoms with Gasteiger partial charge in [0.1, 0.15) is 5.97 Å². The van der Waals surface area contributed by atoms with Crippen LogP contribution in [0.1, 0.15) is 0 Å². The molecular formula is C8H10N3O6STc. The molecule has 0 aromatic carbocycles. The van der Waals surface area contributed by atoms with Gasteiger partial charge in [0.25, 0.3) is 5.91 Å². The predicted molar refractivity (Wildman–Crippen MR) is 57.2 cm³/mol. The van der Waals surface area contributed by atoms with E-state index in [9.17, 15) is 24.9 Å². The van der Waals surface area contributed by atoms with Crippen LogP contribution in [0.3, 0.4) is 0 Å². The number of nitrogens with zero attached hydrogens (tertiary/aromatic N) is 2. The third-order valence-electron chi connectivity index (χ3n) is 1.38. The van der Waals surface area contributed by atoms with E-state index in [0.29, 0.717) is 5.75 Å². The van der Waals surface area contributed by atoms with Crippen LogP contribution in [0.2, 0.25) is 0 Å². The molecule has 0 saturated heterocycles. The zero-order valence-corrected chi connectivity index (χ0v) is 12.3. The summed E-state index contributed by atoms with van der Waals surface area (Å²) in [6.45, 7) is -0.275. The quantitative estimate of drug-likeness (QED) is 0.161. The van der Waals surface area contributed by atoms with Crippen molar-refractivity contribution < 1.29 is 47.3 Å². The van der Waals surface area contributed by atoms with Gasteiger partial charge in [-0.3, -0.25) is 14.8 Å². The first-order chi connectivity index (χ1) is 8.99. The third kappa shape index (κ3) is 11.5. The summed E-state index contributed by atoms with van der Waals surface area (Å²) in [6.07, 6.45) is 0. The van der Waals surface area contributed by atoms with E-state index < -0.39 is 23.7 Å². The Kier molecular flexibility index (Phi) is 13.8. The average Bonchev–Trinajstić information content (AvgIpc) is 2.42. The average molecular weight is 375 g/mol. The van der Waals surface area contributed by atoms with Gasteiger partial charge in [0.15, 0.2) is 0 Å². The van der Waals surface area contributed by atoms with Crippen molar-refractivity contribution in [2.45, 2.75) is 0 Å². The van der Waals surface area contributed by atoms with Crippen molar-refractivity contribution in [2.75, 3.05) is 25.4 Å².